The molecule has 0 aliphatic heterocycles. The van der Waals surface area contributed by atoms with E-state index in [0.717, 1.165) is 18.4 Å². The topological polar surface area (TPSA) is 70.9 Å². The lowest BCUT2D eigenvalue weighted by Crippen LogP contribution is -2.43. The highest BCUT2D eigenvalue weighted by molar-refractivity contribution is 5.91. The van der Waals surface area contributed by atoms with Gasteiger partial charge in [0.05, 0.1) is 12.8 Å². The first kappa shape index (κ1) is 23.2. The molecule has 0 radical (unpaired) electrons. The van der Waals surface area contributed by atoms with Crippen molar-refractivity contribution < 1.29 is 14.6 Å². The van der Waals surface area contributed by atoms with Crippen LogP contribution in [0, 0.1) is 0 Å². The number of unbranched alkanes of at least 4 members (excludes halogenated alkanes) is 3. The van der Waals surface area contributed by atoms with Crippen molar-refractivity contribution in [3.63, 3.8) is 0 Å². The molecule has 1 amide bonds. The summed E-state index contributed by atoms with van der Waals surface area (Å²) < 4.78 is 5.89. The maximum atomic E-state index is 13.1. The highest BCUT2D eigenvalue weighted by Gasteiger charge is 2.39. The quantitative estimate of drug-likeness (QED) is 0.255. The van der Waals surface area contributed by atoms with E-state index in [1.54, 1.807) is 48.5 Å². The van der Waals surface area contributed by atoms with Crippen LogP contribution in [0.4, 0.5) is 0 Å². The highest BCUT2D eigenvalue weighted by atomic mass is 16.5. The van der Waals surface area contributed by atoms with Crippen LogP contribution in [-0.4, -0.2) is 23.8 Å². The third-order valence-electron chi connectivity index (χ3n) is 5.26. The van der Waals surface area contributed by atoms with Crippen LogP contribution in [0.2, 0.25) is 0 Å². The number of amides is 1. The Labute approximate surface area is 189 Å². The van der Waals surface area contributed by atoms with Gasteiger partial charge < -0.3 is 9.84 Å². The summed E-state index contributed by atoms with van der Waals surface area (Å²) >= 11 is 0. The van der Waals surface area contributed by atoms with E-state index in [1.165, 1.54) is 19.1 Å². The average Bonchev–Trinajstić information content (AvgIpc) is 2.85. The number of benzene rings is 3. The van der Waals surface area contributed by atoms with Crippen molar-refractivity contribution in [1.82, 2.24) is 5.43 Å². The van der Waals surface area contributed by atoms with E-state index in [0.29, 0.717) is 23.5 Å². The molecule has 0 saturated carbocycles. The fourth-order valence-electron chi connectivity index (χ4n) is 3.46. The van der Waals surface area contributed by atoms with Crippen LogP contribution in [0.15, 0.2) is 90.0 Å². The fraction of sp³-hybridized carbons (Fsp3) is 0.259. The molecule has 0 spiro atoms. The maximum Gasteiger partial charge on any atom is 0.281 e. The lowest BCUT2D eigenvalue weighted by atomic mass is 9.85. The molecule has 0 aliphatic carbocycles. The number of hydrogen-bond acceptors (Lipinski definition) is 4. The Morgan fingerprint density at radius 1 is 0.906 bits per heavy atom. The second kappa shape index (κ2) is 11.8. The average molecular weight is 431 g/mol. The molecule has 0 saturated heterocycles. The van der Waals surface area contributed by atoms with Gasteiger partial charge in [0.15, 0.2) is 5.60 Å². The summed E-state index contributed by atoms with van der Waals surface area (Å²) in [6.07, 6.45) is 6.05. The monoisotopic (exact) mass is 430 g/mol. The summed E-state index contributed by atoms with van der Waals surface area (Å²) in [4.78, 5) is 13.1. The molecule has 0 heterocycles. The summed E-state index contributed by atoms with van der Waals surface area (Å²) in [5.74, 6) is 0.0764. The van der Waals surface area contributed by atoms with Crippen molar-refractivity contribution in [2.45, 2.75) is 38.2 Å². The predicted octanol–water partition coefficient (Wildman–Crippen LogP) is 5.03. The minimum Gasteiger partial charge on any atom is -0.493 e. The van der Waals surface area contributed by atoms with Gasteiger partial charge in [0.2, 0.25) is 0 Å². The van der Waals surface area contributed by atoms with Crippen molar-refractivity contribution in [3.05, 3.63) is 102 Å². The number of aliphatic hydroxyl groups is 1. The zero-order valence-corrected chi connectivity index (χ0v) is 18.4. The zero-order valence-electron chi connectivity index (χ0n) is 18.4. The van der Waals surface area contributed by atoms with Crippen LogP contribution in [0.1, 0.15) is 49.3 Å². The van der Waals surface area contributed by atoms with Crippen LogP contribution >= 0.6 is 0 Å². The Morgan fingerprint density at radius 3 is 2.12 bits per heavy atom. The molecule has 32 heavy (non-hydrogen) atoms. The molecule has 3 rings (SSSR count). The van der Waals surface area contributed by atoms with Crippen LogP contribution in [0.25, 0.3) is 0 Å². The number of carbonyl (C=O) groups is 1. The summed E-state index contributed by atoms with van der Waals surface area (Å²) in [7, 11) is 0. The molecular formula is C27H30N2O3. The van der Waals surface area contributed by atoms with Crippen molar-refractivity contribution in [2.75, 3.05) is 6.61 Å². The first-order valence-corrected chi connectivity index (χ1v) is 11.0. The van der Waals surface area contributed by atoms with Gasteiger partial charge in [-0.15, -0.1) is 0 Å². The maximum absolute atomic E-state index is 13.1. The molecule has 0 aliphatic rings. The molecule has 0 unspecified atom stereocenters. The van der Waals surface area contributed by atoms with Gasteiger partial charge in [-0.3, -0.25) is 4.79 Å². The first-order valence-electron chi connectivity index (χ1n) is 11.0. The largest absolute Gasteiger partial charge is 0.493 e. The van der Waals surface area contributed by atoms with Gasteiger partial charge in [0, 0.05) is 5.56 Å². The molecule has 166 valence electrons. The minimum atomic E-state index is -1.87. The molecule has 0 bridgehead atoms. The van der Waals surface area contributed by atoms with Crippen molar-refractivity contribution in [1.29, 1.82) is 0 Å². The van der Waals surface area contributed by atoms with Gasteiger partial charge in [0.25, 0.3) is 5.91 Å². The predicted molar refractivity (Wildman–Crippen MR) is 128 cm³/mol. The highest BCUT2D eigenvalue weighted by Crippen LogP contribution is 2.29. The third kappa shape index (κ3) is 5.83. The van der Waals surface area contributed by atoms with Gasteiger partial charge in [-0.25, -0.2) is 5.43 Å². The standard InChI is InChI=1S/C27H30N2O3/c1-2-3-4-13-20-32-25-19-12-11-14-22(25)21-28-29-26(30)27(31,23-15-7-5-8-16-23)24-17-9-6-10-18-24/h5-12,14-19,21,31H,2-4,13,20H2,1H3,(H,29,30)/b28-21-. The molecule has 0 aromatic heterocycles. The van der Waals surface area contributed by atoms with Crippen molar-refractivity contribution >= 4 is 12.1 Å². The summed E-state index contributed by atoms with van der Waals surface area (Å²) in [6, 6.07) is 25.2. The van der Waals surface area contributed by atoms with Crippen molar-refractivity contribution in [2.24, 2.45) is 5.10 Å². The molecule has 3 aromatic carbocycles. The summed E-state index contributed by atoms with van der Waals surface area (Å²) in [5, 5.41) is 15.6. The van der Waals surface area contributed by atoms with Gasteiger partial charge in [0.1, 0.15) is 5.75 Å². The normalized spacial score (nSPS) is 11.4. The number of carbonyl (C=O) groups excluding carboxylic acids is 1. The third-order valence-corrected chi connectivity index (χ3v) is 5.26. The molecule has 3 aromatic rings. The molecule has 2 N–H and O–H groups in total. The molecule has 5 nitrogen and oxygen atoms in total. The molecule has 0 atom stereocenters. The summed E-state index contributed by atoms with van der Waals surface area (Å²) in [6.45, 7) is 2.82. The first-order chi connectivity index (χ1) is 15.7. The SMILES string of the molecule is CCCCCCOc1ccccc1/C=N\NC(=O)C(O)(c1ccccc1)c1ccccc1. The zero-order chi connectivity index (χ0) is 22.7. The van der Waals surface area contributed by atoms with Crippen LogP contribution in [0.3, 0.4) is 0 Å². The van der Waals surface area contributed by atoms with Gasteiger partial charge in [-0.1, -0.05) is 99.0 Å². The smallest absolute Gasteiger partial charge is 0.281 e. The lowest BCUT2D eigenvalue weighted by Gasteiger charge is -2.27. The molecular weight excluding hydrogens is 400 g/mol. The lowest BCUT2D eigenvalue weighted by molar-refractivity contribution is -0.136. The molecule has 0 fully saturated rings. The number of hydrogen-bond donors (Lipinski definition) is 2. The number of nitrogens with zero attached hydrogens (tertiary/aromatic N) is 1. The Morgan fingerprint density at radius 2 is 1.50 bits per heavy atom. The van der Waals surface area contributed by atoms with Crippen molar-refractivity contribution in [3.8, 4) is 5.75 Å². The van der Waals surface area contributed by atoms with Crippen LogP contribution < -0.4 is 10.2 Å². The van der Waals surface area contributed by atoms with E-state index >= 15 is 0 Å². The van der Waals surface area contributed by atoms with E-state index in [1.807, 2.05) is 36.4 Å². The Bertz CT molecular complexity index is 964. The van der Waals surface area contributed by atoms with Gasteiger partial charge >= 0.3 is 0 Å². The number of nitrogens with one attached hydrogen (secondary N) is 1. The summed E-state index contributed by atoms with van der Waals surface area (Å²) in [5.41, 5.74) is 2.33. The van der Waals surface area contributed by atoms with Crippen LogP contribution in [-0.2, 0) is 10.4 Å². The van der Waals surface area contributed by atoms with E-state index in [4.69, 9.17) is 4.74 Å². The van der Waals surface area contributed by atoms with Crippen LogP contribution in [0.5, 0.6) is 5.75 Å². The Balaban J connectivity index is 1.74. The Hall–Kier alpha value is -3.44. The number of ether oxygens (including phenoxy) is 1. The number of para-hydroxylation sites is 1. The number of hydrazone groups is 1. The minimum absolute atomic E-state index is 0.467. The second-order valence-electron chi connectivity index (χ2n) is 7.59. The van der Waals surface area contributed by atoms with E-state index in [-0.39, 0.29) is 0 Å². The number of rotatable bonds is 11. The van der Waals surface area contributed by atoms with Gasteiger partial charge in [-0.2, -0.15) is 5.10 Å². The van der Waals surface area contributed by atoms with E-state index in [9.17, 15) is 9.90 Å². The van der Waals surface area contributed by atoms with E-state index in [2.05, 4.69) is 17.5 Å². The fourth-order valence-corrected chi connectivity index (χ4v) is 3.46. The second-order valence-corrected chi connectivity index (χ2v) is 7.59. The molecule has 5 heteroatoms. The Kier molecular flexibility index (Phi) is 8.58. The van der Waals surface area contributed by atoms with E-state index < -0.39 is 11.5 Å². The van der Waals surface area contributed by atoms with Gasteiger partial charge in [-0.05, 0) is 29.7 Å².